The number of carbonyl (C=O) groups is 1. The number of phenolic OH excluding ortho intramolecular Hbond substituents is 1. The first-order chi connectivity index (χ1) is 13.3. The Morgan fingerprint density at radius 3 is 2.68 bits per heavy atom. The number of phenols is 1. The molecule has 0 aliphatic heterocycles. The molecular formula is C19H27F3N4O2. The van der Waals surface area contributed by atoms with E-state index < -0.39 is 18.0 Å². The van der Waals surface area contributed by atoms with Gasteiger partial charge in [-0.1, -0.05) is 18.6 Å². The maximum absolute atomic E-state index is 13.0. The van der Waals surface area contributed by atoms with Gasteiger partial charge in [0.2, 0.25) is 0 Å². The van der Waals surface area contributed by atoms with E-state index in [1.807, 2.05) is 6.92 Å². The van der Waals surface area contributed by atoms with Gasteiger partial charge in [0.05, 0.1) is 18.0 Å². The van der Waals surface area contributed by atoms with E-state index in [0.717, 1.165) is 0 Å². The quantitative estimate of drug-likeness (QED) is 0.336. The summed E-state index contributed by atoms with van der Waals surface area (Å²) >= 11 is 0. The normalized spacial score (nSPS) is 20.5. The molecule has 9 heteroatoms. The van der Waals surface area contributed by atoms with E-state index in [0.29, 0.717) is 25.3 Å². The monoisotopic (exact) mass is 400 g/mol. The minimum absolute atomic E-state index is 0.0396. The summed E-state index contributed by atoms with van der Waals surface area (Å²) in [7, 11) is 0. The van der Waals surface area contributed by atoms with E-state index in [1.165, 1.54) is 12.1 Å². The lowest BCUT2D eigenvalue weighted by molar-refractivity contribution is -0.183. The zero-order chi connectivity index (χ0) is 20.6. The number of nitrogens with zero attached hydrogens (tertiary/aromatic N) is 1. The van der Waals surface area contributed by atoms with Gasteiger partial charge in [0.1, 0.15) is 5.75 Å². The lowest BCUT2D eigenvalue weighted by Gasteiger charge is -2.31. The average molecular weight is 400 g/mol. The van der Waals surface area contributed by atoms with E-state index in [9.17, 15) is 23.1 Å². The molecule has 1 aromatic rings. The van der Waals surface area contributed by atoms with Crippen molar-refractivity contribution in [2.45, 2.75) is 44.8 Å². The van der Waals surface area contributed by atoms with E-state index in [-0.39, 0.29) is 43.3 Å². The number of carbonyl (C=O) groups excluding carboxylic acids is 1. The van der Waals surface area contributed by atoms with Gasteiger partial charge in [-0.05, 0) is 38.3 Å². The standard InChI is InChI=1S/C19H27F3N4O2/c1-2-23-18(26-14-7-5-6-13(12-14)19(20,21)22)25-11-10-24-17(28)15-8-3-4-9-16(15)27/h3-4,8-9,13-14,27H,2,5-7,10-12H2,1H3,(H,24,28)(H2,23,25,26). The van der Waals surface area contributed by atoms with Crippen LogP contribution in [-0.2, 0) is 0 Å². The van der Waals surface area contributed by atoms with Crippen LogP contribution < -0.4 is 16.0 Å². The Hall–Kier alpha value is -2.45. The fraction of sp³-hybridized carbons (Fsp3) is 0.579. The van der Waals surface area contributed by atoms with Gasteiger partial charge in [0.25, 0.3) is 5.91 Å². The highest BCUT2D eigenvalue weighted by Crippen LogP contribution is 2.37. The van der Waals surface area contributed by atoms with Crippen molar-refractivity contribution in [1.29, 1.82) is 0 Å². The summed E-state index contributed by atoms with van der Waals surface area (Å²) in [5.74, 6) is -1.35. The first-order valence-electron chi connectivity index (χ1n) is 9.49. The fourth-order valence-corrected chi connectivity index (χ4v) is 3.23. The van der Waals surface area contributed by atoms with Gasteiger partial charge in [0.15, 0.2) is 5.96 Å². The zero-order valence-electron chi connectivity index (χ0n) is 15.9. The number of hydrogen-bond donors (Lipinski definition) is 4. The van der Waals surface area contributed by atoms with Crippen LogP contribution >= 0.6 is 0 Å². The van der Waals surface area contributed by atoms with Gasteiger partial charge in [-0.2, -0.15) is 13.2 Å². The first kappa shape index (κ1) is 21.8. The van der Waals surface area contributed by atoms with Gasteiger partial charge in [-0.15, -0.1) is 0 Å². The Bertz CT molecular complexity index is 679. The second-order valence-electron chi connectivity index (χ2n) is 6.78. The molecule has 0 spiro atoms. The van der Waals surface area contributed by atoms with Crippen LogP contribution in [-0.4, -0.2) is 48.8 Å². The number of guanidine groups is 1. The van der Waals surface area contributed by atoms with Crippen molar-refractivity contribution >= 4 is 11.9 Å². The van der Waals surface area contributed by atoms with Crippen LogP contribution in [0.25, 0.3) is 0 Å². The second-order valence-corrected chi connectivity index (χ2v) is 6.78. The third-order valence-electron chi connectivity index (χ3n) is 4.64. The van der Waals surface area contributed by atoms with Crippen molar-refractivity contribution in [2.24, 2.45) is 10.9 Å². The Kier molecular flexibility index (Phi) is 7.95. The predicted octanol–water partition coefficient (Wildman–Crippen LogP) is 2.80. The maximum atomic E-state index is 13.0. The number of benzene rings is 1. The van der Waals surface area contributed by atoms with Gasteiger partial charge < -0.3 is 21.1 Å². The van der Waals surface area contributed by atoms with E-state index >= 15 is 0 Å². The first-order valence-corrected chi connectivity index (χ1v) is 9.49. The number of aliphatic imine (C=N–C) groups is 1. The van der Waals surface area contributed by atoms with Gasteiger partial charge in [-0.25, -0.2) is 0 Å². The summed E-state index contributed by atoms with van der Waals surface area (Å²) < 4.78 is 38.9. The molecule has 1 saturated carbocycles. The molecule has 6 nitrogen and oxygen atoms in total. The third kappa shape index (κ3) is 6.61. The molecule has 1 fully saturated rings. The summed E-state index contributed by atoms with van der Waals surface area (Å²) in [5.41, 5.74) is 0.178. The van der Waals surface area contributed by atoms with Crippen molar-refractivity contribution in [3.63, 3.8) is 0 Å². The van der Waals surface area contributed by atoms with Crippen molar-refractivity contribution in [2.75, 3.05) is 19.6 Å². The van der Waals surface area contributed by atoms with E-state index in [4.69, 9.17) is 0 Å². The topological polar surface area (TPSA) is 85.8 Å². The van der Waals surface area contributed by atoms with Crippen molar-refractivity contribution in [3.8, 4) is 5.75 Å². The Labute approximate surface area is 162 Å². The molecule has 2 rings (SSSR count). The van der Waals surface area contributed by atoms with Crippen molar-refractivity contribution in [3.05, 3.63) is 29.8 Å². The Morgan fingerprint density at radius 2 is 2.00 bits per heavy atom. The molecular weight excluding hydrogens is 373 g/mol. The number of amides is 1. The minimum Gasteiger partial charge on any atom is -0.507 e. The molecule has 0 bridgehead atoms. The smallest absolute Gasteiger partial charge is 0.391 e. The van der Waals surface area contributed by atoms with Crippen LogP contribution in [0.15, 0.2) is 29.3 Å². The van der Waals surface area contributed by atoms with Crippen LogP contribution in [0.1, 0.15) is 43.0 Å². The molecule has 0 aromatic heterocycles. The summed E-state index contributed by atoms with van der Waals surface area (Å²) in [6, 6.07) is 5.94. The molecule has 1 aliphatic rings. The SMILES string of the molecule is CCNC(=NCCNC(=O)c1ccccc1O)NC1CCCC(C(F)(F)F)C1. The van der Waals surface area contributed by atoms with Crippen LogP contribution in [0, 0.1) is 5.92 Å². The highest BCUT2D eigenvalue weighted by Gasteiger charge is 2.42. The van der Waals surface area contributed by atoms with Crippen LogP contribution in [0.5, 0.6) is 5.75 Å². The summed E-state index contributed by atoms with van der Waals surface area (Å²) in [6.45, 7) is 2.94. The summed E-state index contributed by atoms with van der Waals surface area (Å²) in [4.78, 5) is 16.3. The molecule has 4 N–H and O–H groups in total. The van der Waals surface area contributed by atoms with E-state index in [1.54, 1.807) is 12.1 Å². The predicted molar refractivity (Wildman–Crippen MR) is 101 cm³/mol. The van der Waals surface area contributed by atoms with Gasteiger partial charge >= 0.3 is 6.18 Å². The molecule has 28 heavy (non-hydrogen) atoms. The van der Waals surface area contributed by atoms with Crippen LogP contribution in [0.3, 0.4) is 0 Å². The number of alkyl halides is 3. The van der Waals surface area contributed by atoms with Gasteiger partial charge in [-0.3, -0.25) is 9.79 Å². The minimum atomic E-state index is -4.16. The Morgan fingerprint density at radius 1 is 1.25 bits per heavy atom. The lowest BCUT2D eigenvalue weighted by Crippen LogP contribution is -2.47. The molecule has 2 atom stereocenters. The number of halogens is 3. The summed E-state index contributed by atoms with van der Waals surface area (Å²) in [6.07, 6.45) is -2.76. The van der Waals surface area contributed by atoms with E-state index in [2.05, 4.69) is 20.9 Å². The van der Waals surface area contributed by atoms with Crippen molar-refractivity contribution < 1.29 is 23.1 Å². The molecule has 156 valence electrons. The highest BCUT2D eigenvalue weighted by atomic mass is 19.4. The largest absolute Gasteiger partial charge is 0.507 e. The van der Waals surface area contributed by atoms with Crippen LogP contribution in [0.2, 0.25) is 0 Å². The highest BCUT2D eigenvalue weighted by molar-refractivity contribution is 5.96. The lowest BCUT2D eigenvalue weighted by atomic mass is 9.85. The number of nitrogens with one attached hydrogen (secondary N) is 3. The molecule has 0 heterocycles. The third-order valence-corrected chi connectivity index (χ3v) is 4.64. The number of aromatic hydroxyl groups is 1. The maximum Gasteiger partial charge on any atom is 0.391 e. The zero-order valence-corrected chi connectivity index (χ0v) is 15.9. The number of rotatable bonds is 6. The fourth-order valence-electron chi connectivity index (χ4n) is 3.23. The van der Waals surface area contributed by atoms with Crippen molar-refractivity contribution in [1.82, 2.24) is 16.0 Å². The summed E-state index contributed by atoms with van der Waals surface area (Å²) in [5, 5.41) is 18.4. The molecule has 1 aliphatic carbocycles. The molecule has 1 amide bonds. The molecule has 0 saturated heterocycles. The molecule has 2 unspecified atom stereocenters. The molecule has 0 radical (unpaired) electrons. The Balaban J connectivity index is 1.85. The number of para-hydroxylation sites is 1. The van der Waals surface area contributed by atoms with Gasteiger partial charge in [0, 0.05) is 19.1 Å². The number of hydrogen-bond acceptors (Lipinski definition) is 3. The molecule has 1 aromatic carbocycles. The second kappa shape index (κ2) is 10.2. The van der Waals surface area contributed by atoms with Crippen LogP contribution in [0.4, 0.5) is 13.2 Å². The average Bonchev–Trinajstić information content (AvgIpc) is 2.65.